The van der Waals surface area contributed by atoms with Crippen LogP contribution in [-0.2, 0) is 9.53 Å². The minimum Gasteiger partial charge on any atom is -0.508 e. The maximum Gasteiger partial charge on any atom is 0.338 e. The summed E-state index contributed by atoms with van der Waals surface area (Å²) in [7, 11) is 0. The zero-order chi connectivity index (χ0) is 26.3. The zero-order valence-corrected chi connectivity index (χ0v) is 21.0. The topological polar surface area (TPSA) is 145 Å². The van der Waals surface area contributed by atoms with Crippen molar-refractivity contribution in [2.45, 2.75) is 94.7 Å². The molecule has 4 aliphatic rings. The van der Waals surface area contributed by atoms with E-state index in [1.165, 1.54) is 31.2 Å². The fourth-order valence-electron chi connectivity index (χ4n) is 8.17. The summed E-state index contributed by atoms with van der Waals surface area (Å²) >= 11 is 0. The number of fused-ring (bicyclic) bond motifs is 5. The van der Waals surface area contributed by atoms with Crippen LogP contribution in [0.25, 0.3) is 0 Å². The predicted octanol–water partition coefficient (Wildman–Crippen LogP) is 2.40. The molecule has 0 saturated heterocycles. The Kier molecular flexibility index (Phi) is 5.55. The van der Waals surface area contributed by atoms with Crippen molar-refractivity contribution >= 4 is 11.8 Å². The molecule has 1 aromatic rings. The third kappa shape index (κ3) is 3.01. The van der Waals surface area contributed by atoms with E-state index in [4.69, 9.17) is 4.74 Å². The van der Waals surface area contributed by atoms with Gasteiger partial charge in [0.15, 0.2) is 5.78 Å². The molecule has 0 aliphatic heterocycles. The fraction of sp³-hybridized carbons (Fsp3) is 0.643. The molecule has 196 valence electrons. The second kappa shape index (κ2) is 7.87. The Morgan fingerprint density at radius 3 is 2.33 bits per heavy atom. The van der Waals surface area contributed by atoms with Crippen LogP contribution in [0.15, 0.2) is 35.9 Å². The van der Waals surface area contributed by atoms with E-state index in [0.29, 0.717) is 19.3 Å². The molecule has 8 nitrogen and oxygen atoms in total. The number of carbonyl (C=O) groups is 2. The summed E-state index contributed by atoms with van der Waals surface area (Å²) in [5.41, 5.74) is -6.60. The lowest BCUT2D eigenvalue weighted by atomic mass is 9.42. The second-order valence-electron chi connectivity index (χ2n) is 11.9. The van der Waals surface area contributed by atoms with Gasteiger partial charge in [0.2, 0.25) is 0 Å². The average Bonchev–Trinajstić information content (AvgIpc) is 3.06. The molecule has 0 radical (unpaired) electrons. The third-order valence-corrected chi connectivity index (χ3v) is 10.5. The first-order chi connectivity index (χ1) is 16.7. The van der Waals surface area contributed by atoms with Crippen LogP contribution >= 0.6 is 0 Å². The van der Waals surface area contributed by atoms with Gasteiger partial charge in [-0.1, -0.05) is 18.6 Å². The van der Waals surface area contributed by atoms with Crippen molar-refractivity contribution in [3.05, 3.63) is 41.5 Å². The highest BCUT2D eigenvalue weighted by atomic mass is 16.5. The van der Waals surface area contributed by atoms with Gasteiger partial charge in [0, 0.05) is 5.92 Å². The molecule has 0 aromatic heterocycles. The van der Waals surface area contributed by atoms with Crippen LogP contribution in [0.2, 0.25) is 0 Å². The molecular weight excluding hydrogens is 464 g/mol. The molecule has 0 spiro atoms. The number of Topliss-reactive ketones (excluding diaryl/α,β-unsaturated/α-hetero) is 1. The lowest BCUT2D eigenvalue weighted by Gasteiger charge is -2.67. The number of hydrogen-bond donors (Lipinski definition) is 5. The summed E-state index contributed by atoms with van der Waals surface area (Å²) in [6.45, 7) is 4.84. The summed E-state index contributed by atoms with van der Waals surface area (Å²) < 4.78 is 6.01. The Balaban J connectivity index is 1.64. The van der Waals surface area contributed by atoms with E-state index in [2.05, 4.69) is 0 Å². The normalized spacial score (nSPS) is 45.6. The minimum absolute atomic E-state index is 0.00806. The van der Waals surface area contributed by atoms with Crippen LogP contribution in [0.4, 0.5) is 0 Å². The number of esters is 1. The summed E-state index contributed by atoms with van der Waals surface area (Å²) in [4.78, 5) is 26.1. The first kappa shape index (κ1) is 25.4. The molecule has 5 N–H and O–H groups in total. The number of rotatable bonds is 3. The van der Waals surface area contributed by atoms with Crippen LogP contribution in [-0.4, -0.2) is 66.3 Å². The van der Waals surface area contributed by atoms with E-state index in [0.717, 1.165) is 5.57 Å². The molecule has 0 bridgehead atoms. The quantitative estimate of drug-likeness (QED) is 0.314. The maximum atomic E-state index is 13.2. The van der Waals surface area contributed by atoms with Gasteiger partial charge < -0.3 is 30.3 Å². The van der Waals surface area contributed by atoms with Crippen LogP contribution in [0, 0.1) is 16.7 Å². The van der Waals surface area contributed by atoms with Crippen LogP contribution in [0.3, 0.4) is 0 Å². The molecule has 0 heterocycles. The lowest BCUT2D eigenvalue weighted by molar-refractivity contribution is -0.312. The SMILES string of the molecule is CC(=O)[C@]1(O)CC[C@@]2(O)[C@]1(C)[C@H](OC(=O)c1ccc(O)cc1)C[C@@H]1[C@@]3(C)CC[C@H](O)CC3=CC[C@]12O. The van der Waals surface area contributed by atoms with Gasteiger partial charge in [-0.15, -0.1) is 0 Å². The zero-order valence-electron chi connectivity index (χ0n) is 21.0. The monoisotopic (exact) mass is 500 g/mol. The summed E-state index contributed by atoms with van der Waals surface area (Å²) in [5, 5.41) is 56.3. The number of aromatic hydroxyl groups is 1. The number of aliphatic hydroxyl groups excluding tert-OH is 1. The maximum absolute atomic E-state index is 13.2. The molecule has 0 amide bonds. The van der Waals surface area contributed by atoms with Crippen LogP contribution in [0.5, 0.6) is 5.75 Å². The van der Waals surface area contributed by atoms with Crippen molar-refractivity contribution in [3.63, 3.8) is 0 Å². The van der Waals surface area contributed by atoms with Gasteiger partial charge in [0.1, 0.15) is 28.7 Å². The van der Waals surface area contributed by atoms with Gasteiger partial charge in [-0.05, 0) is 88.5 Å². The molecule has 0 unspecified atom stereocenters. The molecule has 5 rings (SSSR count). The van der Waals surface area contributed by atoms with Gasteiger partial charge in [0.05, 0.1) is 17.1 Å². The van der Waals surface area contributed by atoms with E-state index in [-0.39, 0.29) is 37.0 Å². The van der Waals surface area contributed by atoms with Crippen molar-refractivity contribution in [1.29, 1.82) is 0 Å². The molecule has 8 atom stereocenters. The summed E-state index contributed by atoms with van der Waals surface area (Å²) in [6, 6.07) is 5.57. The molecular formula is C28H36O8. The van der Waals surface area contributed by atoms with Gasteiger partial charge in [-0.2, -0.15) is 0 Å². The van der Waals surface area contributed by atoms with Crippen molar-refractivity contribution in [2.75, 3.05) is 0 Å². The number of phenolic OH excluding ortho intramolecular Hbond substituents is 1. The number of carbonyl (C=O) groups excluding carboxylic acids is 2. The van der Waals surface area contributed by atoms with E-state index < -0.39 is 57.5 Å². The first-order valence-electron chi connectivity index (χ1n) is 12.8. The Bertz CT molecular complexity index is 1130. The lowest BCUT2D eigenvalue weighted by Crippen LogP contribution is -2.78. The van der Waals surface area contributed by atoms with Crippen molar-refractivity contribution in [2.24, 2.45) is 16.7 Å². The van der Waals surface area contributed by atoms with Gasteiger partial charge in [-0.25, -0.2) is 4.79 Å². The molecule has 36 heavy (non-hydrogen) atoms. The number of hydrogen-bond acceptors (Lipinski definition) is 8. The van der Waals surface area contributed by atoms with Crippen LogP contribution < -0.4 is 0 Å². The number of ether oxygens (including phenoxy) is 1. The summed E-state index contributed by atoms with van der Waals surface area (Å²) in [5.74, 6) is -1.79. The van der Waals surface area contributed by atoms with E-state index >= 15 is 0 Å². The van der Waals surface area contributed by atoms with E-state index in [1.807, 2.05) is 13.0 Å². The number of ketones is 1. The molecule has 1 aromatic carbocycles. The summed E-state index contributed by atoms with van der Waals surface area (Å²) in [6.07, 6.45) is 2.15. The van der Waals surface area contributed by atoms with Crippen molar-refractivity contribution in [1.82, 2.24) is 0 Å². The number of aliphatic hydroxyl groups is 4. The fourth-order valence-corrected chi connectivity index (χ4v) is 8.17. The molecule has 4 aliphatic carbocycles. The first-order valence-corrected chi connectivity index (χ1v) is 12.8. The standard InChI is InChI=1S/C28H36O8/c1-16(29)26(33)12-13-28(35)25(26,3)22(36-23(32)17-4-6-19(30)7-5-17)15-21-24(2)10-9-20(31)14-18(24)8-11-27(21,28)34/h4-8,20-22,30-31,33-35H,9-15H2,1-3H3/t20-,21+,22+,24-,25+,26+,27-,28+/m0/s1. The highest BCUT2D eigenvalue weighted by Gasteiger charge is 2.81. The highest BCUT2D eigenvalue weighted by molar-refractivity contribution is 5.90. The number of benzene rings is 1. The van der Waals surface area contributed by atoms with Gasteiger partial charge in [-0.3, -0.25) is 4.79 Å². The van der Waals surface area contributed by atoms with E-state index in [9.17, 15) is 35.1 Å². The van der Waals surface area contributed by atoms with Gasteiger partial charge in [0.25, 0.3) is 0 Å². The predicted molar refractivity (Wildman–Crippen MR) is 129 cm³/mol. The average molecular weight is 501 g/mol. The molecule has 3 saturated carbocycles. The Morgan fingerprint density at radius 2 is 1.69 bits per heavy atom. The largest absolute Gasteiger partial charge is 0.508 e. The minimum atomic E-state index is -2.00. The molecule has 8 heteroatoms. The Labute approximate surface area is 210 Å². The third-order valence-electron chi connectivity index (χ3n) is 10.5. The van der Waals surface area contributed by atoms with Crippen molar-refractivity contribution in [3.8, 4) is 5.75 Å². The second-order valence-corrected chi connectivity index (χ2v) is 11.9. The number of phenols is 1. The Hall–Kier alpha value is -2.26. The highest BCUT2D eigenvalue weighted by Crippen LogP contribution is 2.70. The molecule has 3 fully saturated rings. The van der Waals surface area contributed by atoms with Crippen molar-refractivity contribution < 1.29 is 39.9 Å². The Morgan fingerprint density at radius 1 is 1.03 bits per heavy atom. The van der Waals surface area contributed by atoms with E-state index in [1.54, 1.807) is 6.92 Å². The van der Waals surface area contributed by atoms with Gasteiger partial charge >= 0.3 is 5.97 Å². The van der Waals surface area contributed by atoms with Crippen LogP contribution in [0.1, 0.15) is 76.1 Å². The smallest absolute Gasteiger partial charge is 0.338 e.